The minimum atomic E-state index is -0.144. The number of rotatable bonds is 16. The maximum Gasteiger partial charge on any atom is 0.346 e. The van der Waals surface area contributed by atoms with Crippen molar-refractivity contribution in [1.82, 2.24) is 20.9 Å². The van der Waals surface area contributed by atoms with Crippen molar-refractivity contribution < 1.29 is 14.1 Å². The Morgan fingerprint density at radius 1 is 0.867 bits per heavy atom. The van der Waals surface area contributed by atoms with Gasteiger partial charge in [0.05, 0.1) is 42.2 Å². The maximum absolute atomic E-state index is 13.5. The van der Waals surface area contributed by atoms with Gasteiger partial charge in [-0.15, -0.1) is 0 Å². The average Bonchev–Trinajstić information content (AvgIpc) is 3.61. The molecule has 0 unspecified atom stereocenters. The molecule has 0 aromatic rings. The highest BCUT2D eigenvalue weighted by Gasteiger charge is 2.51. The summed E-state index contributed by atoms with van der Waals surface area (Å²) in [6, 6.07) is 3.99. The second-order valence-corrected chi connectivity index (χ2v) is 15.8. The molecule has 0 spiro atoms. The van der Waals surface area contributed by atoms with Crippen LogP contribution in [0.5, 0.6) is 0 Å². The predicted octanol–water partition coefficient (Wildman–Crippen LogP) is 6.22. The Morgan fingerprint density at radius 2 is 1.56 bits per heavy atom. The van der Waals surface area contributed by atoms with Gasteiger partial charge in [0.1, 0.15) is 0 Å². The quantitative estimate of drug-likeness (QED) is 0.107. The van der Waals surface area contributed by atoms with Crippen molar-refractivity contribution in [3.63, 3.8) is 0 Å². The zero-order valence-electron chi connectivity index (χ0n) is 29.1. The van der Waals surface area contributed by atoms with Crippen LogP contribution >= 0.6 is 0 Å². The van der Waals surface area contributed by atoms with E-state index in [1.165, 1.54) is 115 Å². The summed E-state index contributed by atoms with van der Waals surface area (Å²) in [4.78, 5) is 21.0. The van der Waals surface area contributed by atoms with Gasteiger partial charge in [-0.25, -0.2) is 4.99 Å². The first-order valence-electron chi connectivity index (χ1n) is 19.4. The Balaban J connectivity index is 0.868. The highest BCUT2D eigenvalue weighted by molar-refractivity contribution is 5.86. The monoisotopic (exact) mass is 626 g/mol. The van der Waals surface area contributed by atoms with Gasteiger partial charge >= 0.3 is 11.9 Å². The molecule has 0 amide bonds. The molecule has 8 nitrogen and oxygen atoms in total. The van der Waals surface area contributed by atoms with Crippen LogP contribution in [0.3, 0.4) is 0 Å². The van der Waals surface area contributed by atoms with E-state index in [0.717, 1.165) is 37.3 Å². The van der Waals surface area contributed by atoms with Crippen LogP contribution in [0.2, 0.25) is 0 Å². The lowest BCUT2D eigenvalue weighted by molar-refractivity contribution is -0.593. The summed E-state index contributed by atoms with van der Waals surface area (Å²) in [5.74, 6) is 2.22. The molecule has 6 aliphatic rings. The Kier molecular flexibility index (Phi) is 11.2. The normalized spacial score (nSPS) is 35.5. The van der Waals surface area contributed by atoms with Crippen molar-refractivity contribution >= 4 is 17.9 Å². The maximum atomic E-state index is 13.5. The van der Waals surface area contributed by atoms with E-state index in [2.05, 4.69) is 53.1 Å². The first kappa shape index (κ1) is 32.9. The minimum absolute atomic E-state index is 0.0177. The molecule has 3 saturated heterocycles. The number of carbonyl (C=O) groups excluding carboxylic acids is 1. The minimum Gasteiger partial charge on any atom is -0.462 e. The van der Waals surface area contributed by atoms with Crippen molar-refractivity contribution in [3.8, 4) is 0 Å². The first-order chi connectivity index (χ1) is 21.9. The molecule has 3 fully saturated rings. The molecule has 3 N–H and O–H groups in total. The zero-order valence-corrected chi connectivity index (χ0v) is 29.1. The van der Waals surface area contributed by atoms with Crippen molar-refractivity contribution in [2.45, 2.75) is 211 Å². The largest absolute Gasteiger partial charge is 0.462 e. The third kappa shape index (κ3) is 7.77. The SMILES string of the molecule is CCCCCCC[C@@H]1C[C@@H]2CC[C@H]3[C@@H](C(=O)O[C@@H](C)CCCCCCC[C@H]4C[C@H]5CC[C@H]6C[C@@H](C)NC(=[N+]56)N4)[C@@H](C)N=C(N1)N23. The molecule has 0 saturated carbocycles. The molecule has 45 heavy (non-hydrogen) atoms. The fraction of sp³-hybridized carbons (Fsp3) is 0.919. The van der Waals surface area contributed by atoms with Crippen molar-refractivity contribution in [2.24, 2.45) is 10.9 Å². The molecule has 0 aromatic heterocycles. The highest BCUT2D eigenvalue weighted by Crippen LogP contribution is 2.40. The molecule has 6 rings (SSSR count). The third-order valence-electron chi connectivity index (χ3n) is 12.1. The molecular weight excluding hydrogens is 560 g/mol. The second kappa shape index (κ2) is 15.3. The molecule has 254 valence electrons. The van der Waals surface area contributed by atoms with Gasteiger partial charge in [-0.2, -0.15) is 0 Å². The Labute approximate surface area is 274 Å². The van der Waals surface area contributed by atoms with Gasteiger partial charge < -0.3 is 15.0 Å². The van der Waals surface area contributed by atoms with Gasteiger partial charge in [0.15, 0.2) is 5.96 Å². The molecule has 6 aliphatic heterocycles. The number of nitrogens with one attached hydrogen (secondary N) is 3. The van der Waals surface area contributed by atoms with Gasteiger partial charge in [-0.3, -0.25) is 20.0 Å². The molecule has 0 bridgehead atoms. The van der Waals surface area contributed by atoms with Crippen LogP contribution in [0.4, 0.5) is 0 Å². The summed E-state index contributed by atoms with van der Waals surface area (Å²) >= 11 is 0. The van der Waals surface area contributed by atoms with Crippen molar-refractivity contribution in [1.29, 1.82) is 0 Å². The molecule has 0 aromatic carbocycles. The van der Waals surface area contributed by atoms with Gasteiger partial charge in [0, 0.05) is 31.0 Å². The van der Waals surface area contributed by atoms with Crippen LogP contribution < -0.4 is 16.0 Å². The Bertz CT molecular complexity index is 1060. The van der Waals surface area contributed by atoms with Crippen LogP contribution in [0.1, 0.15) is 156 Å². The number of carbonyl (C=O) groups is 1. The third-order valence-corrected chi connectivity index (χ3v) is 12.1. The van der Waals surface area contributed by atoms with E-state index in [1.807, 2.05) is 0 Å². The average molecular weight is 626 g/mol. The number of hydrogen-bond donors (Lipinski definition) is 3. The van der Waals surface area contributed by atoms with Gasteiger partial charge in [-0.05, 0) is 78.6 Å². The van der Waals surface area contributed by atoms with E-state index in [4.69, 9.17) is 9.73 Å². The van der Waals surface area contributed by atoms with E-state index >= 15 is 0 Å². The first-order valence-corrected chi connectivity index (χ1v) is 19.4. The number of nitrogens with zero attached hydrogens (tertiary/aromatic N) is 3. The number of ether oxygens (including phenoxy) is 1. The number of hydrogen-bond acceptors (Lipinski definition) is 7. The van der Waals surface area contributed by atoms with Crippen LogP contribution in [-0.4, -0.2) is 81.8 Å². The van der Waals surface area contributed by atoms with Crippen LogP contribution in [0.15, 0.2) is 4.99 Å². The molecule has 0 radical (unpaired) electrons. The van der Waals surface area contributed by atoms with E-state index in [9.17, 15) is 4.79 Å². The van der Waals surface area contributed by atoms with E-state index in [-0.39, 0.29) is 30.1 Å². The smallest absolute Gasteiger partial charge is 0.346 e. The van der Waals surface area contributed by atoms with E-state index in [0.29, 0.717) is 24.2 Å². The van der Waals surface area contributed by atoms with Gasteiger partial charge in [0.25, 0.3) is 0 Å². The fourth-order valence-corrected chi connectivity index (χ4v) is 9.85. The van der Waals surface area contributed by atoms with Crippen LogP contribution in [-0.2, 0) is 9.53 Å². The van der Waals surface area contributed by atoms with Gasteiger partial charge in [0.2, 0.25) is 0 Å². The lowest BCUT2D eigenvalue weighted by Crippen LogP contribution is -2.63. The van der Waals surface area contributed by atoms with Crippen molar-refractivity contribution in [2.75, 3.05) is 0 Å². The van der Waals surface area contributed by atoms with Crippen LogP contribution in [0, 0.1) is 5.92 Å². The summed E-state index contributed by atoms with van der Waals surface area (Å²) in [6.07, 6.45) is 25.1. The second-order valence-electron chi connectivity index (χ2n) is 15.8. The number of esters is 1. The summed E-state index contributed by atoms with van der Waals surface area (Å²) in [7, 11) is 0. The standard InChI is InChI=1S/C37H64N6O2/c1-5-6-7-9-13-16-29-24-32-20-21-33-34(27(4)39-37(41-29)43(32)33)35(44)45-26(3)15-12-10-8-11-14-17-28-23-31-19-18-30-22-25(2)38-36(40-28)42(30)31/h25-34H,5-24H2,1-4H3,(H2,38,39,40,41)/p+1/t25-,26+,27-,28+,29-,30+,31-,32+,33+,34+/m1/s1. The summed E-state index contributed by atoms with van der Waals surface area (Å²) in [6.45, 7) is 8.82. The zero-order chi connectivity index (χ0) is 31.3. The highest BCUT2D eigenvalue weighted by atomic mass is 16.5. The van der Waals surface area contributed by atoms with Gasteiger partial charge in [-0.1, -0.05) is 64.7 Å². The molecule has 0 aliphatic carbocycles. The molecule has 8 heteroatoms. The summed E-state index contributed by atoms with van der Waals surface area (Å²) in [5.41, 5.74) is 0. The number of unbranched alkanes of at least 4 members (excludes halogenated alkanes) is 8. The topological polar surface area (TPSA) is 81.0 Å². The predicted molar refractivity (Wildman–Crippen MR) is 183 cm³/mol. The lowest BCUT2D eigenvalue weighted by Gasteiger charge is -2.47. The van der Waals surface area contributed by atoms with E-state index < -0.39 is 0 Å². The van der Waals surface area contributed by atoms with Crippen LogP contribution in [0.25, 0.3) is 0 Å². The summed E-state index contributed by atoms with van der Waals surface area (Å²) < 4.78 is 8.77. The number of aliphatic imine (C=N–C) groups is 1. The molecule has 10 atom stereocenters. The van der Waals surface area contributed by atoms with E-state index in [1.54, 1.807) is 0 Å². The lowest BCUT2D eigenvalue weighted by atomic mass is 9.89. The Morgan fingerprint density at radius 3 is 2.33 bits per heavy atom. The Hall–Kier alpha value is -1.99. The summed E-state index contributed by atoms with van der Waals surface area (Å²) in [5, 5.41) is 11.4. The van der Waals surface area contributed by atoms with Crippen molar-refractivity contribution in [3.05, 3.63) is 0 Å². The molecule has 6 heterocycles. The fourth-order valence-electron chi connectivity index (χ4n) is 9.85. The molecular formula is C37H65N6O2+. The number of guanidine groups is 2.